The Balaban J connectivity index is 2.34. The molecule has 1 amide bonds. The molecule has 100 valence electrons. The van der Waals surface area contributed by atoms with Gasteiger partial charge >= 0.3 is 0 Å². The van der Waals surface area contributed by atoms with E-state index in [2.05, 4.69) is 6.92 Å². The molecule has 0 radical (unpaired) electrons. The molecule has 0 heterocycles. The topological polar surface area (TPSA) is 20.3 Å². The second-order valence-electron chi connectivity index (χ2n) is 5.13. The largest absolute Gasteiger partial charge is 0.342 e. The highest BCUT2D eigenvalue weighted by Gasteiger charge is 2.20. The molecule has 1 aliphatic carbocycles. The zero-order valence-electron chi connectivity index (χ0n) is 11.1. The van der Waals surface area contributed by atoms with Gasteiger partial charge in [0.2, 0.25) is 5.91 Å². The van der Waals surface area contributed by atoms with Gasteiger partial charge in [0.1, 0.15) is 0 Å². The van der Waals surface area contributed by atoms with Crippen molar-refractivity contribution in [2.45, 2.75) is 58.3 Å². The molecule has 17 heavy (non-hydrogen) atoms. The Morgan fingerprint density at radius 3 is 2.53 bits per heavy atom. The lowest BCUT2D eigenvalue weighted by Gasteiger charge is -2.26. The van der Waals surface area contributed by atoms with E-state index in [-0.39, 0.29) is 0 Å². The van der Waals surface area contributed by atoms with E-state index in [0.29, 0.717) is 24.2 Å². The third kappa shape index (κ3) is 5.76. The van der Waals surface area contributed by atoms with Gasteiger partial charge in [0.05, 0.1) is 0 Å². The number of nitrogens with zero attached hydrogens (tertiary/aromatic N) is 1. The molecule has 3 heteroatoms. The number of hydrogen-bond donors (Lipinski definition) is 0. The Labute approximate surface area is 111 Å². The summed E-state index contributed by atoms with van der Waals surface area (Å²) in [5, 5.41) is 0. The van der Waals surface area contributed by atoms with E-state index < -0.39 is 0 Å². The van der Waals surface area contributed by atoms with Crippen LogP contribution in [0, 0.1) is 5.92 Å². The molecule has 0 saturated heterocycles. The fourth-order valence-corrected chi connectivity index (χ4v) is 2.78. The molecule has 0 aromatic carbocycles. The van der Waals surface area contributed by atoms with E-state index in [1.54, 1.807) is 0 Å². The van der Waals surface area contributed by atoms with Gasteiger partial charge in [0, 0.05) is 25.4 Å². The Hall–Kier alpha value is -0.240. The Morgan fingerprint density at radius 1 is 1.24 bits per heavy atom. The molecule has 0 unspecified atom stereocenters. The Bertz CT molecular complexity index is 214. The van der Waals surface area contributed by atoms with Crippen LogP contribution in [0.2, 0.25) is 0 Å². The van der Waals surface area contributed by atoms with Gasteiger partial charge in [-0.3, -0.25) is 4.79 Å². The molecule has 2 nitrogen and oxygen atoms in total. The standard InChI is InChI=1S/C14H26ClNO/c1-2-3-10-16(11-9-15)14(17)12-13-7-5-4-6-8-13/h13H,2-12H2,1H3. The second kappa shape index (κ2) is 8.79. The fraction of sp³-hybridized carbons (Fsp3) is 0.929. The molecule has 0 aliphatic heterocycles. The third-order valence-corrected chi connectivity index (χ3v) is 3.85. The molecule has 0 atom stereocenters. The van der Waals surface area contributed by atoms with Crippen molar-refractivity contribution in [3.05, 3.63) is 0 Å². The molecular formula is C14H26ClNO. The first-order chi connectivity index (χ1) is 8.27. The SMILES string of the molecule is CCCCN(CCCl)C(=O)CC1CCCCC1. The lowest BCUT2D eigenvalue weighted by Crippen LogP contribution is -2.35. The molecule has 1 aliphatic rings. The normalized spacial score (nSPS) is 17.1. The van der Waals surface area contributed by atoms with E-state index in [1.165, 1.54) is 32.1 Å². The summed E-state index contributed by atoms with van der Waals surface area (Å²) in [6.45, 7) is 3.76. The average molecular weight is 260 g/mol. The highest BCUT2D eigenvalue weighted by Crippen LogP contribution is 2.26. The minimum absolute atomic E-state index is 0.325. The maximum atomic E-state index is 12.2. The molecular weight excluding hydrogens is 234 g/mol. The Morgan fingerprint density at radius 2 is 1.94 bits per heavy atom. The van der Waals surface area contributed by atoms with Crippen molar-refractivity contribution in [3.8, 4) is 0 Å². The predicted molar refractivity (Wildman–Crippen MR) is 73.4 cm³/mol. The van der Waals surface area contributed by atoms with Gasteiger partial charge in [-0.05, 0) is 25.2 Å². The molecule has 0 spiro atoms. The van der Waals surface area contributed by atoms with E-state index in [4.69, 9.17) is 11.6 Å². The first-order valence-electron chi connectivity index (χ1n) is 7.11. The molecule has 0 aromatic heterocycles. The number of hydrogen-bond acceptors (Lipinski definition) is 1. The van der Waals surface area contributed by atoms with Crippen molar-refractivity contribution in [1.29, 1.82) is 0 Å². The zero-order chi connectivity index (χ0) is 12.5. The number of amides is 1. The van der Waals surface area contributed by atoms with Gasteiger partial charge in [-0.15, -0.1) is 11.6 Å². The van der Waals surface area contributed by atoms with Gasteiger partial charge in [-0.25, -0.2) is 0 Å². The fourth-order valence-electron chi connectivity index (χ4n) is 2.58. The van der Waals surface area contributed by atoms with Crippen LogP contribution < -0.4 is 0 Å². The molecule has 1 rings (SSSR count). The summed E-state index contributed by atoms with van der Waals surface area (Å²) < 4.78 is 0. The summed E-state index contributed by atoms with van der Waals surface area (Å²) in [6, 6.07) is 0. The number of carbonyl (C=O) groups excluding carboxylic acids is 1. The van der Waals surface area contributed by atoms with E-state index >= 15 is 0 Å². The van der Waals surface area contributed by atoms with Crippen molar-refractivity contribution in [2.75, 3.05) is 19.0 Å². The number of halogens is 1. The van der Waals surface area contributed by atoms with Crippen molar-refractivity contribution >= 4 is 17.5 Å². The van der Waals surface area contributed by atoms with Gasteiger partial charge < -0.3 is 4.90 Å². The van der Waals surface area contributed by atoms with Gasteiger partial charge in [-0.2, -0.15) is 0 Å². The summed E-state index contributed by atoms with van der Waals surface area (Å²) in [7, 11) is 0. The first kappa shape index (κ1) is 14.8. The zero-order valence-corrected chi connectivity index (χ0v) is 11.8. The summed E-state index contributed by atoms with van der Waals surface area (Å²) in [5.41, 5.74) is 0. The predicted octanol–water partition coefficient (Wildman–Crippen LogP) is 3.82. The summed E-state index contributed by atoms with van der Waals surface area (Å²) in [6.07, 6.45) is 9.43. The van der Waals surface area contributed by atoms with Crippen LogP contribution in [0.5, 0.6) is 0 Å². The smallest absolute Gasteiger partial charge is 0.222 e. The monoisotopic (exact) mass is 259 g/mol. The summed E-state index contributed by atoms with van der Waals surface area (Å²) >= 11 is 5.77. The minimum Gasteiger partial charge on any atom is -0.342 e. The number of unbranched alkanes of at least 4 members (excludes halogenated alkanes) is 1. The Kier molecular flexibility index (Phi) is 7.67. The van der Waals surface area contributed by atoms with Crippen LogP contribution in [-0.4, -0.2) is 29.8 Å². The molecule has 0 N–H and O–H groups in total. The van der Waals surface area contributed by atoms with Crippen molar-refractivity contribution < 1.29 is 4.79 Å². The summed E-state index contributed by atoms with van der Waals surface area (Å²) in [5.74, 6) is 1.52. The lowest BCUT2D eigenvalue weighted by molar-refractivity contribution is -0.132. The van der Waals surface area contributed by atoms with Crippen LogP contribution >= 0.6 is 11.6 Å². The van der Waals surface area contributed by atoms with Crippen LogP contribution in [0.25, 0.3) is 0 Å². The van der Waals surface area contributed by atoms with Gasteiger partial charge in [0.25, 0.3) is 0 Å². The highest BCUT2D eigenvalue weighted by atomic mass is 35.5. The first-order valence-corrected chi connectivity index (χ1v) is 7.65. The summed E-state index contributed by atoms with van der Waals surface area (Å²) in [4.78, 5) is 14.1. The minimum atomic E-state index is 0.325. The van der Waals surface area contributed by atoms with Crippen LogP contribution in [0.15, 0.2) is 0 Å². The third-order valence-electron chi connectivity index (χ3n) is 3.68. The maximum absolute atomic E-state index is 12.2. The van der Waals surface area contributed by atoms with Crippen molar-refractivity contribution in [3.63, 3.8) is 0 Å². The number of carbonyl (C=O) groups is 1. The second-order valence-corrected chi connectivity index (χ2v) is 5.51. The lowest BCUT2D eigenvalue weighted by atomic mass is 9.86. The van der Waals surface area contributed by atoms with Crippen LogP contribution in [0.1, 0.15) is 58.3 Å². The molecule has 1 fully saturated rings. The maximum Gasteiger partial charge on any atom is 0.222 e. The average Bonchev–Trinajstić information content (AvgIpc) is 2.35. The van der Waals surface area contributed by atoms with E-state index in [1.807, 2.05) is 4.90 Å². The molecule has 0 aromatic rings. The van der Waals surface area contributed by atoms with E-state index in [9.17, 15) is 4.79 Å². The van der Waals surface area contributed by atoms with Crippen molar-refractivity contribution in [2.24, 2.45) is 5.92 Å². The van der Waals surface area contributed by atoms with Crippen molar-refractivity contribution in [1.82, 2.24) is 4.90 Å². The van der Waals surface area contributed by atoms with Crippen LogP contribution in [0.3, 0.4) is 0 Å². The molecule has 0 bridgehead atoms. The van der Waals surface area contributed by atoms with Crippen LogP contribution in [-0.2, 0) is 4.79 Å². The number of rotatable bonds is 7. The van der Waals surface area contributed by atoms with E-state index in [0.717, 1.165) is 25.8 Å². The number of alkyl halides is 1. The molecule has 1 saturated carbocycles. The van der Waals surface area contributed by atoms with Gasteiger partial charge in [-0.1, -0.05) is 32.6 Å². The van der Waals surface area contributed by atoms with Gasteiger partial charge in [0.15, 0.2) is 0 Å². The quantitative estimate of drug-likeness (QED) is 0.637. The highest BCUT2D eigenvalue weighted by molar-refractivity contribution is 6.18. The van der Waals surface area contributed by atoms with Crippen LogP contribution in [0.4, 0.5) is 0 Å².